The molecule has 5 heteroatoms. The van der Waals surface area contributed by atoms with Gasteiger partial charge in [-0.3, -0.25) is 4.79 Å². The molecule has 0 unspecified atom stereocenters. The van der Waals surface area contributed by atoms with Crippen LogP contribution in [-0.4, -0.2) is 17.4 Å². The molecular formula is C21H22N2O2S. The van der Waals surface area contributed by atoms with Crippen molar-refractivity contribution in [3.05, 3.63) is 75.7 Å². The molecule has 1 heterocycles. The van der Waals surface area contributed by atoms with Gasteiger partial charge in [-0.25, -0.2) is 4.98 Å². The minimum Gasteiger partial charge on any atom is -0.487 e. The van der Waals surface area contributed by atoms with Gasteiger partial charge in [-0.2, -0.15) is 0 Å². The van der Waals surface area contributed by atoms with Crippen LogP contribution in [0.1, 0.15) is 34.1 Å². The second-order valence-corrected chi connectivity index (χ2v) is 6.91. The van der Waals surface area contributed by atoms with E-state index in [0.717, 1.165) is 22.5 Å². The summed E-state index contributed by atoms with van der Waals surface area (Å²) in [5.41, 5.74) is 6.49. The summed E-state index contributed by atoms with van der Waals surface area (Å²) in [6, 6.07) is 13.5. The topological polar surface area (TPSA) is 42.4 Å². The highest BCUT2D eigenvalue weighted by Crippen LogP contribution is 2.23. The number of thiazole rings is 1. The van der Waals surface area contributed by atoms with Gasteiger partial charge in [0.15, 0.2) is 0 Å². The van der Waals surface area contributed by atoms with Crippen LogP contribution in [0.25, 0.3) is 0 Å². The van der Waals surface area contributed by atoms with Gasteiger partial charge < -0.3 is 9.64 Å². The van der Waals surface area contributed by atoms with E-state index in [1.165, 1.54) is 11.3 Å². The number of ether oxygens (including phenoxy) is 1. The first-order valence-electron chi connectivity index (χ1n) is 8.57. The van der Waals surface area contributed by atoms with E-state index >= 15 is 0 Å². The Bertz CT molecular complexity index is 871. The van der Waals surface area contributed by atoms with Crippen LogP contribution in [-0.2, 0) is 6.61 Å². The Morgan fingerprint density at radius 1 is 1.15 bits per heavy atom. The fourth-order valence-corrected chi connectivity index (χ4v) is 3.43. The number of amides is 1. The standard InChI is InChI=1S/C21H22N2O2S/c1-4-23(19-9-15(2)8-16(3)10-19)21(24)17-6-5-7-20(11-17)25-12-18-13-26-14-22-18/h5-11,13-14H,4,12H2,1-3H3. The van der Waals surface area contributed by atoms with Crippen molar-refractivity contribution in [2.45, 2.75) is 27.4 Å². The van der Waals surface area contributed by atoms with Crippen molar-refractivity contribution in [3.8, 4) is 5.75 Å². The molecule has 0 radical (unpaired) electrons. The molecule has 0 aliphatic rings. The molecule has 0 saturated heterocycles. The zero-order chi connectivity index (χ0) is 18.5. The molecule has 0 spiro atoms. The van der Waals surface area contributed by atoms with Gasteiger partial charge in [0.1, 0.15) is 12.4 Å². The molecule has 1 aromatic heterocycles. The summed E-state index contributed by atoms with van der Waals surface area (Å²) in [5.74, 6) is 0.636. The zero-order valence-electron chi connectivity index (χ0n) is 15.2. The quantitative estimate of drug-likeness (QED) is 0.616. The highest BCUT2D eigenvalue weighted by Gasteiger charge is 2.17. The molecule has 0 saturated carbocycles. The Balaban J connectivity index is 1.80. The van der Waals surface area contributed by atoms with E-state index in [1.54, 1.807) is 16.5 Å². The summed E-state index contributed by atoms with van der Waals surface area (Å²) < 4.78 is 5.77. The summed E-state index contributed by atoms with van der Waals surface area (Å²) in [7, 11) is 0. The second-order valence-electron chi connectivity index (χ2n) is 6.19. The molecule has 3 aromatic rings. The van der Waals surface area contributed by atoms with Crippen molar-refractivity contribution >= 4 is 22.9 Å². The average Bonchev–Trinajstić information content (AvgIpc) is 3.13. The van der Waals surface area contributed by atoms with E-state index in [4.69, 9.17) is 4.74 Å². The molecule has 4 nitrogen and oxygen atoms in total. The molecule has 0 aliphatic carbocycles. The molecule has 26 heavy (non-hydrogen) atoms. The van der Waals surface area contributed by atoms with Crippen molar-refractivity contribution in [2.24, 2.45) is 0 Å². The number of nitrogens with zero attached hydrogens (tertiary/aromatic N) is 2. The van der Waals surface area contributed by atoms with Crippen molar-refractivity contribution in [1.29, 1.82) is 0 Å². The Labute approximate surface area is 158 Å². The molecule has 0 aliphatic heterocycles. The molecule has 3 rings (SSSR count). The second kappa shape index (κ2) is 8.15. The fourth-order valence-electron chi connectivity index (χ4n) is 2.89. The van der Waals surface area contributed by atoms with Crippen LogP contribution in [0.3, 0.4) is 0 Å². The van der Waals surface area contributed by atoms with Gasteiger partial charge in [-0.1, -0.05) is 12.1 Å². The highest BCUT2D eigenvalue weighted by molar-refractivity contribution is 7.07. The number of carbonyl (C=O) groups excluding carboxylic acids is 1. The third-order valence-corrected chi connectivity index (χ3v) is 4.67. The van der Waals surface area contributed by atoms with Crippen molar-refractivity contribution in [1.82, 2.24) is 4.98 Å². The minimum absolute atomic E-state index is 0.0309. The van der Waals surface area contributed by atoms with Crippen LogP contribution in [0.4, 0.5) is 5.69 Å². The van der Waals surface area contributed by atoms with Crippen molar-refractivity contribution < 1.29 is 9.53 Å². The fraction of sp³-hybridized carbons (Fsp3) is 0.238. The first kappa shape index (κ1) is 18.1. The van der Waals surface area contributed by atoms with E-state index < -0.39 is 0 Å². The summed E-state index contributed by atoms with van der Waals surface area (Å²) in [6.07, 6.45) is 0. The van der Waals surface area contributed by atoms with E-state index in [9.17, 15) is 4.79 Å². The van der Waals surface area contributed by atoms with Crippen molar-refractivity contribution in [3.63, 3.8) is 0 Å². The monoisotopic (exact) mass is 366 g/mol. The smallest absolute Gasteiger partial charge is 0.258 e. The molecular weight excluding hydrogens is 344 g/mol. The van der Waals surface area contributed by atoms with Gasteiger partial charge in [0.2, 0.25) is 0 Å². The molecule has 134 valence electrons. The Morgan fingerprint density at radius 3 is 2.58 bits per heavy atom. The number of aryl methyl sites for hydroxylation is 2. The van der Waals surface area contributed by atoms with Gasteiger partial charge in [-0.05, 0) is 62.2 Å². The lowest BCUT2D eigenvalue weighted by Gasteiger charge is -2.22. The number of hydrogen-bond donors (Lipinski definition) is 0. The van der Waals surface area contributed by atoms with Crippen LogP contribution in [0.15, 0.2) is 53.4 Å². The maximum Gasteiger partial charge on any atom is 0.258 e. The maximum atomic E-state index is 13.0. The lowest BCUT2D eigenvalue weighted by Crippen LogP contribution is -2.30. The Hall–Kier alpha value is -2.66. The third-order valence-electron chi connectivity index (χ3n) is 4.03. The first-order valence-corrected chi connectivity index (χ1v) is 9.51. The first-order chi connectivity index (χ1) is 12.6. The predicted molar refractivity (Wildman–Crippen MR) is 106 cm³/mol. The highest BCUT2D eigenvalue weighted by atomic mass is 32.1. The van der Waals surface area contributed by atoms with Crippen LogP contribution in [0.2, 0.25) is 0 Å². The lowest BCUT2D eigenvalue weighted by atomic mass is 10.1. The summed E-state index contributed by atoms with van der Waals surface area (Å²) in [6.45, 7) is 7.07. The number of benzene rings is 2. The van der Waals surface area contributed by atoms with Gasteiger partial charge in [-0.15, -0.1) is 11.3 Å². The Kier molecular flexibility index (Phi) is 5.68. The van der Waals surface area contributed by atoms with Gasteiger partial charge in [0.05, 0.1) is 11.2 Å². The average molecular weight is 366 g/mol. The molecule has 0 bridgehead atoms. The maximum absolute atomic E-state index is 13.0. The number of anilines is 1. The molecule has 0 fully saturated rings. The van der Waals surface area contributed by atoms with Crippen molar-refractivity contribution in [2.75, 3.05) is 11.4 Å². The van der Waals surface area contributed by atoms with Gasteiger partial charge in [0.25, 0.3) is 5.91 Å². The predicted octanol–water partition coefficient (Wildman–Crippen LogP) is 5.01. The van der Waals surface area contributed by atoms with Crippen LogP contribution < -0.4 is 9.64 Å². The molecule has 2 aromatic carbocycles. The summed E-state index contributed by atoms with van der Waals surface area (Å²) in [4.78, 5) is 19.0. The minimum atomic E-state index is -0.0309. The molecule has 1 amide bonds. The normalized spacial score (nSPS) is 10.6. The van der Waals surface area contributed by atoms with Gasteiger partial charge in [0, 0.05) is 23.2 Å². The lowest BCUT2D eigenvalue weighted by molar-refractivity contribution is 0.0988. The van der Waals surface area contributed by atoms with Crippen LogP contribution in [0, 0.1) is 13.8 Å². The molecule has 0 atom stereocenters. The summed E-state index contributed by atoms with van der Waals surface area (Å²) >= 11 is 1.54. The number of aromatic nitrogens is 1. The van der Waals surface area contributed by atoms with Crippen LogP contribution in [0.5, 0.6) is 5.75 Å². The van der Waals surface area contributed by atoms with Crippen LogP contribution >= 0.6 is 11.3 Å². The van der Waals surface area contributed by atoms with E-state index in [0.29, 0.717) is 24.5 Å². The van der Waals surface area contributed by atoms with Gasteiger partial charge >= 0.3 is 0 Å². The summed E-state index contributed by atoms with van der Waals surface area (Å²) in [5, 5.41) is 1.95. The third kappa shape index (κ3) is 4.29. The van der Waals surface area contributed by atoms with E-state index in [-0.39, 0.29) is 5.91 Å². The van der Waals surface area contributed by atoms with E-state index in [1.807, 2.05) is 56.5 Å². The number of hydrogen-bond acceptors (Lipinski definition) is 4. The zero-order valence-corrected chi connectivity index (χ0v) is 16.0. The van der Waals surface area contributed by atoms with E-state index in [2.05, 4.69) is 11.1 Å². The number of carbonyl (C=O) groups is 1. The molecule has 0 N–H and O–H groups in total. The Morgan fingerprint density at radius 2 is 1.92 bits per heavy atom. The number of rotatable bonds is 6. The largest absolute Gasteiger partial charge is 0.487 e. The SMILES string of the molecule is CCN(C(=O)c1cccc(OCc2cscn2)c1)c1cc(C)cc(C)c1.